The molecule has 0 spiro atoms. The fourth-order valence-corrected chi connectivity index (χ4v) is 4.13. The Balaban J connectivity index is 1.81. The Hall–Kier alpha value is -3.59. The Labute approximate surface area is 189 Å². The van der Waals surface area contributed by atoms with Crippen molar-refractivity contribution in [2.24, 2.45) is 5.92 Å². The maximum Gasteiger partial charge on any atom is 0.356 e. The summed E-state index contributed by atoms with van der Waals surface area (Å²) >= 11 is 1.66. The first-order valence-corrected chi connectivity index (χ1v) is 11.1. The van der Waals surface area contributed by atoms with Crippen molar-refractivity contribution in [3.05, 3.63) is 64.5 Å². The van der Waals surface area contributed by atoms with Crippen molar-refractivity contribution in [2.45, 2.75) is 26.9 Å². The number of ether oxygens (including phenoxy) is 1. The molecule has 4 heterocycles. The molecule has 4 aromatic rings. The zero-order chi connectivity index (χ0) is 22.7. The summed E-state index contributed by atoms with van der Waals surface area (Å²) in [6, 6.07) is 7.51. The third-order valence-electron chi connectivity index (χ3n) is 4.89. The van der Waals surface area contributed by atoms with Crippen LogP contribution < -0.4 is 10.6 Å². The maximum absolute atomic E-state index is 12.8. The van der Waals surface area contributed by atoms with E-state index in [0.717, 1.165) is 5.69 Å². The molecule has 0 fully saturated rings. The van der Waals surface area contributed by atoms with Crippen LogP contribution in [0.25, 0.3) is 11.0 Å². The Morgan fingerprint density at radius 1 is 1.31 bits per heavy atom. The average molecular weight is 453 g/mol. The lowest BCUT2D eigenvalue weighted by atomic mass is 10.2. The molecule has 8 nitrogen and oxygen atoms in total. The molecule has 4 aromatic heterocycles. The second kappa shape index (κ2) is 9.27. The van der Waals surface area contributed by atoms with Crippen LogP contribution >= 0.6 is 11.3 Å². The minimum atomic E-state index is -0.542. The lowest BCUT2D eigenvalue weighted by Crippen LogP contribution is -2.18. The molecule has 0 atom stereocenters. The molecule has 32 heavy (non-hydrogen) atoms. The van der Waals surface area contributed by atoms with Gasteiger partial charge in [0.1, 0.15) is 11.9 Å². The Kier molecular flexibility index (Phi) is 6.27. The average Bonchev–Trinajstić information content (AvgIpc) is 3.53. The molecule has 0 saturated heterocycles. The lowest BCUT2D eigenvalue weighted by molar-refractivity contribution is 0.0589. The standard InChI is InChI=1S/C23H24N4O4S/c1-14(2)12-27-20(23(29)30-3)19(26-22(28)15-6-7-31-13-15)18-9-16(10-25-21(18)27)24-11-17-5-4-8-32-17/h4-10,13-14,24H,11-12H2,1-3H3,(H,26,28). The van der Waals surface area contributed by atoms with E-state index in [-0.39, 0.29) is 17.5 Å². The van der Waals surface area contributed by atoms with Crippen molar-refractivity contribution in [3.8, 4) is 0 Å². The van der Waals surface area contributed by atoms with E-state index in [1.807, 2.05) is 31.4 Å². The van der Waals surface area contributed by atoms with Crippen LogP contribution in [0.4, 0.5) is 11.4 Å². The third kappa shape index (κ3) is 4.38. The molecule has 4 rings (SSSR count). The monoisotopic (exact) mass is 452 g/mol. The smallest absolute Gasteiger partial charge is 0.356 e. The number of hydrogen-bond donors (Lipinski definition) is 2. The molecule has 0 aromatic carbocycles. The molecule has 0 aliphatic rings. The van der Waals surface area contributed by atoms with Gasteiger partial charge in [-0.1, -0.05) is 19.9 Å². The van der Waals surface area contributed by atoms with E-state index in [4.69, 9.17) is 9.15 Å². The maximum atomic E-state index is 12.8. The number of carbonyl (C=O) groups is 2. The van der Waals surface area contributed by atoms with Crippen LogP contribution in [0.1, 0.15) is 39.6 Å². The number of carbonyl (C=O) groups excluding carboxylic acids is 2. The number of furan rings is 1. The van der Waals surface area contributed by atoms with Gasteiger partial charge in [0, 0.05) is 23.4 Å². The molecule has 1 amide bonds. The molecule has 0 bridgehead atoms. The van der Waals surface area contributed by atoms with E-state index >= 15 is 0 Å². The van der Waals surface area contributed by atoms with Crippen LogP contribution in [0.2, 0.25) is 0 Å². The van der Waals surface area contributed by atoms with Crippen molar-refractivity contribution < 1.29 is 18.7 Å². The van der Waals surface area contributed by atoms with Gasteiger partial charge in [0.2, 0.25) is 0 Å². The molecular weight excluding hydrogens is 428 g/mol. The fraction of sp³-hybridized carbons (Fsp3) is 0.261. The number of hydrogen-bond acceptors (Lipinski definition) is 7. The quantitative estimate of drug-likeness (QED) is 0.365. The summed E-state index contributed by atoms with van der Waals surface area (Å²) in [4.78, 5) is 31.4. The summed E-state index contributed by atoms with van der Waals surface area (Å²) in [5.41, 5.74) is 2.36. The van der Waals surface area contributed by atoms with Crippen molar-refractivity contribution in [3.63, 3.8) is 0 Å². The van der Waals surface area contributed by atoms with Gasteiger partial charge in [-0.2, -0.15) is 0 Å². The molecule has 166 valence electrons. The van der Waals surface area contributed by atoms with Gasteiger partial charge in [-0.3, -0.25) is 4.79 Å². The van der Waals surface area contributed by atoms with Gasteiger partial charge < -0.3 is 24.4 Å². The number of pyridine rings is 1. The molecule has 0 saturated carbocycles. The van der Waals surface area contributed by atoms with Crippen molar-refractivity contribution in [1.82, 2.24) is 9.55 Å². The number of aromatic nitrogens is 2. The van der Waals surface area contributed by atoms with Crippen LogP contribution in [0.5, 0.6) is 0 Å². The minimum Gasteiger partial charge on any atom is -0.472 e. The normalized spacial score (nSPS) is 11.1. The number of thiophene rings is 1. The van der Waals surface area contributed by atoms with Crippen LogP contribution in [-0.2, 0) is 17.8 Å². The SMILES string of the molecule is COC(=O)c1c(NC(=O)c2ccoc2)c2cc(NCc3cccs3)cnc2n1CC(C)C. The van der Waals surface area contributed by atoms with E-state index < -0.39 is 5.97 Å². The number of nitrogens with one attached hydrogen (secondary N) is 2. The summed E-state index contributed by atoms with van der Waals surface area (Å²) in [6.45, 7) is 5.29. The summed E-state index contributed by atoms with van der Waals surface area (Å²) in [5, 5.41) is 8.91. The highest BCUT2D eigenvalue weighted by atomic mass is 32.1. The summed E-state index contributed by atoms with van der Waals surface area (Å²) in [5.74, 6) is -0.687. The summed E-state index contributed by atoms with van der Waals surface area (Å²) < 4.78 is 11.9. The number of anilines is 2. The molecule has 0 aliphatic heterocycles. The van der Waals surface area contributed by atoms with Crippen molar-refractivity contribution >= 4 is 45.6 Å². The van der Waals surface area contributed by atoms with Gasteiger partial charge in [-0.25, -0.2) is 9.78 Å². The molecular formula is C23H24N4O4S. The number of amides is 1. The lowest BCUT2D eigenvalue weighted by Gasteiger charge is -2.12. The first-order chi connectivity index (χ1) is 15.5. The molecule has 0 unspecified atom stereocenters. The summed E-state index contributed by atoms with van der Waals surface area (Å²) in [6.07, 6.45) is 4.51. The van der Waals surface area contributed by atoms with Gasteiger partial charge in [0.25, 0.3) is 5.91 Å². The first-order valence-electron chi connectivity index (χ1n) is 10.2. The van der Waals surface area contributed by atoms with Crippen LogP contribution in [0.3, 0.4) is 0 Å². The van der Waals surface area contributed by atoms with E-state index in [1.165, 1.54) is 24.5 Å². The van der Waals surface area contributed by atoms with E-state index in [1.54, 1.807) is 28.2 Å². The first kappa shape index (κ1) is 21.6. The van der Waals surface area contributed by atoms with E-state index in [2.05, 4.69) is 21.7 Å². The van der Waals surface area contributed by atoms with Gasteiger partial charge in [0.05, 0.1) is 36.5 Å². The number of fused-ring (bicyclic) bond motifs is 1. The Morgan fingerprint density at radius 3 is 2.81 bits per heavy atom. The fourth-order valence-electron chi connectivity index (χ4n) is 3.48. The van der Waals surface area contributed by atoms with Crippen LogP contribution in [-0.4, -0.2) is 28.5 Å². The summed E-state index contributed by atoms with van der Waals surface area (Å²) in [7, 11) is 1.32. The highest BCUT2D eigenvalue weighted by Crippen LogP contribution is 2.34. The largest absolute Gasteiger partial charge is 0.472 e. The van der Waals surface area contributed by atoms with Crippen molar-refractivity contribution in [2.75, 3.05) is 17.7 Å². The van der Waals surface area contributed by atoms with Crippen LogP contribution in [0.15, 0.2) is 52.8 Å². The predicted molar refractivity (Wildman–Crippen MR) is 124 cm³/mol. The molecule has 0 aliphatic carbocycles. The molecule has 9 heteroatoms. The minimum absolute atomic E-state index is 0.241. The number of esters is 1. The van der Waals surface area contributed by atoms with E-state index in [9.17, 15) is 9.59 Å². The highest BCUT2D eigenvalue weighted by Gasteiger charge is 2.27. The van der Waals surface area contributed by atoms with Crippen LogP contribution in [0, 0.1) is 5.92 Å². The topological polar surface area (TPSA) is 98.4 Å². The number of nitrogens with zero attached hydrogens (tertiary/aromatic N) is 2. The van der Waals surface area contributed by atoms with Gasteiger partial charge >= 0.3 is 5.97 Å². The second-order valence-corrected chi connectivity index (χ2v) is 8.75. The number of rotatable bonds is 8. The third-order valence-corrected chi connectivity index (χ3v) is 5.77. The molecule has 0 radical (unpaired) electrons. The zero-order valence-electron chi connectivity index (χ0n) is 18.0. The highest BCUT2D eigenvalue weighted by molar-refractivity contribution is 7.09. The van der Waals surface area contributed by atoms with Gasteiger partial charge in [-0.05, 0) is 29.5 Å². The predicted octanol–water partition coefficient (Wildman–Crippen LogP) is 5.00. The number of methoxy groups -OCH3 is 1. The second-order valence-electron chi connectivity index (χ2n) is 7.71. The van der Waals surface area contributed by atoms with E-state index in [0.29, 0.717) is 35.4 Å². The Morgan fingerprint density at radius 2 is 2.16 bits per heavy atom. The zero-order valence-corrected chi connectivity index (χ0v) is 18.9. The Bertz CT molecular complexity index is 1230. The van der Waals surface area contributed by atoms with Crippen molar-refractivity contribution in [1.29, 1.82) is 0 Å². The van der Waals surface area contributed by atoms with Gasteiger partial charge in [0.15, 0.2) is 5.69 Å². The van der Waals surface area contributed by atoms with Gasteiger partial charge in [-0.15, -0.1) is 11.3 Å². The molecule has 2 N–H and O–H groups in total.